The van der Waals surface area contributed by atoms with Crippen molar-refractivity contribution in [2.75, 3.05) is 0 Å². The van der Waals surface area contributed by atoms with E-state index in [0.717, 1.165) is 10.2 Å². The Balaban J connectivity index is 1.91. The Bertz CT molecular complexity index is 952. The van der Waals surface area contributed by atoms with Gasteiger partial charge in [-0.3, -0.25) is 9.59 Å². The van der Waals surface area contributed by atoms with Gasteiger partial charge in [0.1, 0.15) is 12.4 Å². The molecule has 3 aromatic rings. The first-order valence-electron chi connectivity index (χ1n) is 7.16. The first kappa shape index (κ1) is 16.1. The monoisotopic (exact) mass is 342 g/mol. The number of benzene rings is 2. The highest BCUT2D eigenvalue weighted by Crippen LogP contribution is 2.19. The van der Waals surface area contributed by atoms with Crippen LogP contribution in [0.5, 0.6) is 0 Å². The maximum Gasteiger partial charge on any atom is 0.267 e. The predicted molar refractivity (Wildman–Crippen MR) is 89.7 cm³/mol. The molecule has 6 heteroatoms. The van der Waals surface area contributed by atoms with Crippen LogP contribution in [-0.4, -0.2) is 15.6 Å². The van der Waals surface area contributed by atoms with Crippen LogP contribution in [0.3, 0.4) is 0 Å². The van der Waals surface area contributed by atoms with Crippen LogP contribution in [0.1, 0.15) is 10.4 Å². The maximum atomic E-state index is 12.9. The molecule has 120 valence electrons. The summed E-state index contributed by atoms with van der Waals surface area (Å²) in [5, 5.41) is 4.77. The van der Waals surface area contributed by atoms with Gasteiger partial charge < -0.3 is 0 Å². The molecule has 0 atom stereocenters. The lowest BCUT2D eigenvalue weighted by Crippen LogP contribution is -2.26. The summed E-state index contributed by atoms with van der Waals surface area (Å²) in [7, 11) is 0. The highest BCUT2D eigenvalue weighted by Gasteiger charge is 2.10. The number of carbonyl (C=O) groups excluding carboxylic acids is 1. The van der Waals surface area contributed by atoms with Crippen molar-refractivity contribution < 1.29 is 9.18 Å². The lowest BCUT2D eigenvalue weighted by Gasteiger charge is -2.07. The van der Waals surface area contributed by atoms with Crippen LogP contribution in [0.2, 0.25) is 5.02 Å². The largest absolute Gasteiger partial charge is 0.292 e. The Kier molecular flexibility index (Phi) is 4.53. The Hall–Kier alpha value is -2.79. The van der Waals surface area contributed by atoms with Gasteiger partial charge in [0.05, 0.1) is 5.69 Å². The molecule has 0 fully saturated rings. The lowest BCUT2D eigenvalue weighted by atomic mass is 10.1. The van der Waals surface area contributed by atoms with Crippen LogP contribution >= 0.6 is 11.6 Å². The molecule has 0 aliphatic heterocycles. The minimum absolute atomic E-state index is 0.223. The molecule has 0 amide bonds. The number of aromatic nitrogens is 2. The van der Waals surface area contributed by atoms with E-state index >= 15 is 0 Å². The van der Waals surface area contributed by atoms with Gasteiger partial charge in [0.15, 0.2) is 5.78 Å². The summed E-state index contributed by atoms with van der Waals surface area (Å²) in [6, 6.07) is 15.1. The fourth-order valence-electron chi connectivity index (χ4n) is 2.23. The zero-order valence-corrected chi connectivity index (χ0v) is 13.2. The molecule has 1 aromatic heterocycles. The first-order valence-corrected chi connectivity index (χ1v) is 7.53. The molecule has 1 heterocycles. The minimum Gasteiger partial charge on any atom is -0.292 e. The average Bonchev–Trinajstić information content (AvgIpc) is 2.57. The lowest BCUT2D eigenvalue weighted by molar-refractivity contribution is 0.0966. The number of nitrogens with zero attached hydrogens (tertiary/aromatic N) is 2. The number of Topliss-reactive ketones (excluding diaryl/α,β-unsaturated/α-hetero) is 1. The summed E-state index contributed by atoms with van der Waals surface area (Å²) >= 11 is 5.96. The van der Waals surface area contributed by atoms with Crippen molar-refractivity contribution in [3.05, 3.63) is 87.4 Å². The van der Waals surface area contributed by atoms with E-state index in [0.29, 0.717) is 16.3 Å². The highest BCUT2D eigenvalue weighted by molar-refractivity contribution is 6.30. The van der Waals surface area contributed by atoms with Crippen molar-refractivity contribution in [3.8, 4) is 11.3 Å². The molecule has 0 spiro atoms. The molecule has 0 saturated heterocycles. The van der Waals surface area contributed by atoms with E-state index < -0.39 is 11.4 Å². The second-order valence-corrected chi connectivity index (χ2v) is 5.59. The van der Waals surface area contributed by atoms with Crippen molar-refractivity contribution in [2.45, 2.75) is 6.54 Å². The Morgan fingerprint density at radius 1 is 1.08 bits per heavy atom. The summed E-state index contributed by atoms with van der Waals surface area (Å²) in [5.41, 5.74) is 1.20. The molecule has 0 radical (unpaired) electrons. The van der Waals surface area contributed by atoms with Crippen molar-refractivity contribution in [1.29, 1.82) is 0 Å². The van der Waals surface area contributed by atoms with Crippen molar-refractivity contribution in [1.82, 2.24) is 9.78 Å². The molecule has 3 rings (SSSR count). The second kappa shape index (κ2) is 6.76. The van der Waals surface area contributed by atoms with Crippen molar-refractivity contribution in [3.63, 3.8) is 0 Å². The molecule has 0 saturated carbocycles. The zero-order valence-electron chi connectivity index (χ0n) is 12.4. The SMILES string of the molecule is O=C(Cn1nc(-c2cccc(Cl)c2)ccc1=O)c1ccc(F)cc1. The number of halogens is 2. The maximum absolute atomic E-state index is 12.9. The summed E-state index contributed by atoms with van der Waals surface area (Å²) in [5.74, 6) is -0.752. The van der Waals surface area contributed by atoms with Gasteiger partial charge in [-0.2, -0.15) is 5.10 Å². The van der Waals surface area contributed by atoms with Gasteiger partial charge in [0, 0.05) is 22.2 Å². The van der Waals surface area contributed by atoms with Gasteiger partial charge in [-0.15, -0.1) is 0 Å². The third-order valence-electron chi connectivity index (χ3n) is 3.45. The minimum atomic E-state index is -0.426. The standard InChI is InChI=1S/C18H12ClFN2O2/c19-14-3-1-2-13(10-14)16-8-9-18(24)22(21-16)11-17(23)12-4-6-15(20)7-5-12/h1-10H,11H2. The number of hydrogen-bond donors (Lipinski definition) is 0. The Morgan fingerprint density at radius 2 is 1.83 bits per heavy atom. The Labute approximate surface area is 142 Å². The van der Waals surface area contributed by atoms with Crippen molar-refractivity contribution >= 4 is 17.4 Å². The smallest absolute Gasteiger partial charge is 0.267 e. The summed E-state index contributed by atoms with van der Waals surface area (Å²) in [6.07, 6.45) is 0. The van der Waals surface area contributed by atoms with Crippen LogP contribution in [-0.2, 0) is 6.54 Å². The van der Waals surface area contributed by atoms with Crippen LogP contribution < -0.4 is 5.56 Å². The van der Waals surface area contributed by atoms with E-state index in [1.807, 2.05) is 6.07 Å². The van der Waals surface area contributed by atoms with Gasteiger partial charge in [-0.1, -0.05) is 23.7 Å². The molecule has 2 aromatic carbocycles. The number of rotatable bonds is 4. The molecule has 0 unspecified atom stereocenters. The molecular weight excluding hydrogens is 331 g/mol. The van der Waals surface area contributed by atoms with Crippen LogP contribution in [0.25, 0.3) is 11.3 Å². The third kappa shape index (κ3) is 3.58. The van der Waals surface area contributed by atoms with Gasteiger partial charge in [0.25, 0.3) is 5.56 Å². The predicted octanol–water partition coefficient (Wildman–Crippen LogP) is 3.59. The van der Waals surface area contributed by atoms with Crippen LogP contribution in [0.4, 0.5) is 4.39 Å². The number of hydrogen-bond acceptors (Lipinski definition) is 3. The van der Waals surface area contributed by atoms with E-state index in [2.05, 4.69) is 5.10 Å². The van der Waals surface area contributed by atoms with E-state index in [4.69, 9.17) is 11.6 Å². The summed E-state index contributed by atoms with van der Waals surface area (Å²) < 4.78 is 14.0. The fourth-order valence-corrected chi connectivity index (χ4v) is 2.42. The van der Waals surface area contributed by atoms with Gasteiger partial charge in [-0.05, 0) is 42.5 Å². The average molecular weight is 343 g/mol. The van der Waals surface area contributed by atoms with E-state index in [1.54, 1.807) is 24.3 Å². The van der Waals surface area contributed by atoms with Gasteiger partial charge in [-0.25, -0.2) is 9.07 Å². The number of carbonyl (C=O) groups is 1. The molecular formula is C18H12ClFN2O2. The Morgan fingerprint density at radius 3 is 2.54 bits per heavy atom. The first-order chi connectivity index (χ1) is 11.5. The zero-order chi connectivity index (χ0) is 17.1. The van der Waals surface area contributed by atoms with E-state index in [-0.39, 0.29) is 12.3 Å². The highest BCUT2D eigenvalue weighted by atomic mass is 35.5. The van der Waals surface area contributed by atoms with Gasteiger partial charge >= 0.3 is 0 Å². The number of ketones is 1. The van der Waals surface area contributed by atoms with Crippen LogP contribution in [0, 0.1) is 5.82 Å². The normalized spacial score (nSPS) is 10.6. The fraction of sp³-hybridized carbons (Fsp3) is 0.0556. The molecule has 0 bridgehead atoms. The van der Waals surface area contributed by atoms with E-state index in [1.165, 1.54) is 30.3 Å². The topological polar surface area (TPSA) is 52.0 Å². The van der Waals surface area contributed by atoms with Gasteiger partial charge in [0.2, 0.25) is 0 Å². The third-order valence-corrected chi connectivity index (χ3v) is 3.68. The molecule has 4 nitrogen and oxygen atoms in total. The molecule has 24 heavy (non-hydrogen) atoms. The summed E-state index contributed by atoms with van der Waals surface area (Å²) in [4.78, 5) is 24.2. The van der Waals surface area contributed by atoms with Crippen LogP contribution in [0.15, 0.2) is 65.5 Å². The molecule has 0 aliphatic carbocycles. The van der Waals surface area contributed by atoms with E-state index in [9.17, 15) is 14.0 Å². The molecule has 0 N–H and O–H groups in total. The molecule has 0 aliphatic rings. The quantitative estimate of drug-likeness (QED) is 0.681. The second-order valence-electron chi connectivity index (χ2n) is 5.15. The summed E-state index contributed by atoms with van der Waals surface area (Å²) in [6.45, 7) is -0.223. The van der Waals surface area contributed by atoms with Crippen molar-refractivity contribution in [2.24, 2.45) is 0 Å².